The molecular formula is C27H28N4O6. The lowest BCUT2D eigenvalue weighted by molar-refractivity contribution is -0.137. The zero-order valence-corrected chi connectivity index (χ0v) is 20.2. The Morgan fingerprint density at radius 3 is 2.57 bits per heavy atom. The van der Waals surface area contributed by atoms with E-state index in [0.29, 0.717) is 23.6 Å². The minimum atomic E-state index is -0.681. The minimum Gasteiger partial charge on any atom is -0.387 e. The molecule has 0 radical (unpaired) electrons. The van der Waals surface area contributed by atoms with Gasteiger partial charge < -0.3 is 20.6 Å². The Balaban J connectivity index is 1.24. The van der Waals surface area contributed by atoms with Gasteiger partial charge in [0.15, 0.2) is 0 Å². The number of nitrogens with one attached hydrogen (secondary N) is 3. The van der Waals surface area contributed by atoms with Gasteiger partial charge in [-0.1, -0.05) is 18.2 Å². The number of benzene rings is 2. The van der Waals surface area contributed by atoms with Gasteiger partial charge in [-0.3, -0.25) is 29.3 Å². The first kappa shape index (κ1) is 24.6. The smallest absolute Gasteiger partial charge is 0.255 e. The van der Waals surface area contributed by atoms with Crippen LogP contribution in [-0.2, 0) is 38.7 Å². The highest BCUT2D eigenvalue weighted by molar-refractivity contribution is 6.05. The van der Waals surface area contributed by atoms with Crippen LogP contribution < -0.4 is 16.0 Å². The molecule has 1 saturated heterocycles. The van der Waals surface area contributed by atoms with Crippen molar-refractivity contribution in [3.63, 3.8) is 0 Å². The van der Waals surface area contributed by atoms with Crippen molar-refractivity contribution in [2.24, 2.45) is 0 Å². The topological polar surface area (TPSA) is 145 Å². The van der Waals surface area contributed by atoms with E-state index in [0.717, 1.165) is 35.1 Å². The lowest BCUT2D eigenvalue weighted by atomic mass is 10.0. The number of anilines is 1. The van der Waals surface area contributed by atoms with Crippen molar-refractivity contribution in [1.82, 2.24) is 15.5 Å². The second-order valence-electron chi connectivity index (χ2n) is 9.74. The van der Waals surface area contributed by atoms with E-state index in [-0.39, 0.29) is 43.7 Å². The third-order valence-electron chi connectivity index (χ3n) is 7.02. The first-order valence-corrected chi connectivity index (χ1v) is 12.4. The lowest BCUT2D eigenvalue weighted by Gasteiger charge is -2.29. The number of imide groups is 1. The first-order valence-electron chi connectivity index (χ1n) is 12.4. The van der Waals surface area contributed by atoms with Crippen LogP contribution in [0.25, 0.3) is 0 Å². The summed E-state index contributed by atoms with van der Waals surface area (Å²) >= 11 is 0. The van der Waals surface area contributed by atoms with Crippen LogP contribution in [0.15, 0.2) is 36.4 Å². The average molecular weight is 505 g/mol. The number of aliphatic hydroxyl groups excluding tert-OH is 1. The predicted molar refractivity (Wildman–Crippen MR) is 132 cm³/mol. The van der Waals surface area contributed by atoms with E-state index in [9.17, 15) is 24.0 Å². The van der Waals surface area contributed by atoms with E-state index in [1.54, 1.807) is 12.1 Å². The molecule has 3 aliphatic rings. The summed E-state index contributed by atoms with van der Waals surface area (Å²) in [6.07, 6.45) is 2.77. The molecule has 2 heterocycles. The van der Waals surface area contributed by atoms with Crippen LogP contribution in [0.3, 0.4) is 0 Å². The van der Waals surface area contributed by atoms with Crippen LogP contribution >= 0.6 is 0 Å². The molecule has 1 unspecified atom stereocenters. The molecule has 2 aromatic rings. The maximum atomic E-state index is 12.9. The standard InChI is InChI=1S/C27H28N4O6/c32-14-25(35)28-12-17-11-19(4-6-20(17)16-2-3-16)29-24(34)10-15-1-5-21-18(9-15)13-31(27(21)37)22-7-8-23(33)30-26(22)36/h1,4-6,9,11,16,22,32H,2-3,7-8,10,12-14H2,(H,28,35)(H,29,34)(H,30,33,36). The number of rotatable bonds is 8. The Morgan fingerprint density at radius 2 is 1.84 bits per heavy atom. The van der Waals surface area contributed by atoms with Crippen LogP contribution in [0.1, 0.15) is 64.2 Å². The van der Waals surface area contributed by atoms with Gasteiger partial charge in [-0.05, 0) is 65.6 Å². The van der Waals surface area contributed by atoms with Crippen molar-refractivity contribution < 1.29 is 29.1 Å². The summed E-state index contributed by atoms with van der Waals surface area (Å²) in [7, 11) is 0. The minimum absolute atomic E-state index is 0.0981. The van der Waals surface area contributed by atoms with E-state index in [1.165, 1.54) is 4.90 Å². The third kappa shape index (κ3) is 5.39. The Kier molecular flexibility index (Phi) is 6.75. The van der Waals surface area contributed by atoms with Crippen LogP contribution in [0.4, 0.5) is 5.69 Å². The number of carbonyl (C=O) groups is 5. The van der Waals surface area contributed by atoms with E-state index in [1.807, 2.05) is 24.3 Å². The molecule has 0 bridgehead atoms. The van der Waals surface area contributed by atoms with Crippen molar-refractivity contribution in [3.05, 3.63) is 64.2 Å². The van der Waals surface area contributed by atoms with Crippen LogP contribution in [-0.4, -0.2) is 52.2 Å². The van der Waals surface area contributed by atoms with Gasteiger partial charge in [-0.25, -0.2) is 0 Å². The van der Waals surface area contributed by atoms with E-state index in [4.69, 9.17) is 5.11 Å². The van der Waals surface area contributed by atoms with Gasteiger partial charge in [0.05, 0.1) is 6.42 Å². The Hall–Kier alpha value is -4.05. The van der Waals surface area contributed by atoms with Crippen molar-refractivity contribution in [1.29, 1.82) is 0 Å². The molecule has 0 aromatic heterocycles. The normalized spacial score (nSPS) is 18.9. The molecule has 5 amide bonds. The fraction of sp³-hybridized carbons (Fsp3) is 0.370. The number of amides is 5. The summed E-state index contributed by atoms with van der Waals surface area (Å²) in [5.41, 5.74) is 4.64. The number of aliphatic hydroxyl groups is 1. The van der Waals surface area contributed by atoms with Crippen LogP contribution in [0, 0.1) is 0 Å². The van der Waals surface area contributed by atoms with Crippen LogP contribution in [0.2, 0.25) is 0 Å². The van der Waals surface area contributed by atoms with Gasteiger partial charge in [-0.15, -0.1) is 0 Å². The van der Waals surface area contributed by atoms with Gasteiger partial charge in [0.1, 0.15) is 12.6 Å². The second kappa shape index (κ2) is 10.1. The molecule has 2 fully saturated rings. The van der Waals surface area contributed by atoms with Gasteiger partial charge >= 0.3 is 0 Å². The maximum absolute atomic E-state index is 12.9. The molecule has 2 aromatic carbocycles. The van der Waals surface area contributed by atoms with Crippen LogP contribution in [0.5, 0.6) is 0 Å². The summed E-state index contributed by atoms with van der Waals surface area (Å²) in [5.74, 6) is -1.27. The fourth-order valence-corrected chi connectivity index (χ4v) is 5.01. The molecule has 1 aliphatic carbocycles. The van der Waals surface area contributed by atoms with E-state index >= 15 is 0 Å². The molecule has 192 valence electrons. The largest absolute Gasteiger partial charge is 0.387 e. The van der Waals surface area contributed by atoms with Crippen molar-refractivity contribution in [2.45, 2.75) is 57.2 Å². The number of nitrogens with zero attached hydrogens (tertiary/aromatic N) is 1. The highest BCUT2D eigenvalue weighted by atomic mass is 16.3. The Labute approximate surface area is 213 Å². The maximum Gasteiger partial charge on any atom is 0.255 e. The summed E-state index contributed by atoms with van der Waals surface area (Å²) in [6.45, 7) is -0.0498. The number of fused-ring (bicyclic) bond motifs is 1. The Bertz CT molecular complexity index is 1300. The SMILES string of the molecule is O=C(CO)NCc1cc(NC(=O)Cc2ccc3c(c2)CN(C2CCC(=O)NC2=O)C3=O)ccc1C1CC1. The number of piperidine rings is 1. The van der Waals surface area contributed by atoms with Crippen molar-refractivity contribution in [2.75, 3.05) is 11.9 Å². The fourth-order valence-electron chi connectivity index (χ4n) is 5.01. The molecule has 37 heavy (non-hydrogen) atoms. The molecule has 0 spiro atoms. The number of hydrogen-bond acceptors (Lipinski definition) is 6. The lowest BCUT2D eigenvalue weighted by Crippen LogP contribution is -2.52. The molecule has 10 heteroatoms. The van der Waals surface area contributed by atoms with Gasteiger partial charge in [0, 0.05) is 30.8 Å². The average Bonchev–Trinajstić information content (AvgIpc) is 3.66. The zero-order valence-electron chi connectivity index (χ0n) is 20.2. The quantitative estimate of drug-likeness (QED) is 0.397. The van der Waals surface area contributed by atoms with Crippen molar-refractivity contribution in [3.8, 4) is 0 Å². The molecule has 2 aliphatic heterocycles. The molecule has 1 atom stereocenters. The van der Waals surface area contributed by atoms with Crippen molar-refractivity contribution >= 4 is 35.2 Å². The monoisotopic (exact) mass is 504 g/mol. The molecular weight excluding hydrogens is 476 g/mol. The highest BCUT2D eigenvalue weighted by Crippen LogP contribution is 2.42. The highest BCUT2D eigenvalue weighted by Gasteiger charge is 2.39. The summed E-state index contributed by atoms with van der Waals surface area (Å²) in [4.78, 5) is 62.3. The molecule has 10 nitrogen and oxygen atoms in total. The van der Waals surface area contributed by atoms with E-state index < -0.39 is 24.5 Å². The predicted octanol–water partition coefficient (Wildman–Crippen LogP) is 1.11. The van der Waals surface area contributed by atoms with Gasteiger partial charge in [-0.2, -0.15) is 0 Å². The van der Waals surface area contributed by atoms with E-state index in [2.05, 4.69) is 16.0 Å². The first-order chi connectivity index (χ1) is 17.8. The third-order valence-corrected chi connectivity index (χ3v) is 7.02. The second-order valence-corrected chi connectivity index (χ2v) is 9.74. The summed E-state index contributed by atoms with van der Waals surface area (Å²) < 4.78 is 0. The molecule has 5 rings (SSSR count). The van der Waals surface area contributed by atoms with Gasteiger partial charge in [0.25, 0.3) is 5.91 Å². The Morgan fingerprint density at radius 1 is 1.03 bits per heavy atom. The summed E-state index contributed by atoms with van der Waals surface area (Å²) in [5, 5.41) is 16.8. The zero-order chi connectivity index (χ0) is 26.1. The molecule has 4 N–H and O–H groups in total. The summed E-state index contributed by atoms with van der Waals surface area (Å²) in [6, 6.07) is 10.2. The number of hydrogen-bond donors (Lipinski definition) is 4. The van der Waals surface area contributed by atoms with Gasteiger partial charge in [0.2, 0.25) is 23.6 Å². The number of carbonyl (C=O) groups excluding carboxylic acids is 5. The molecule has 1 saturated carbocycles.